The summed E-state index contributed by atoms with van der Waals surface area (Å²) in [5.41, 5.74) is 5.28. The van der Waals surface area contributed by atoms with Crippen LogP contribution in [0.1, 0.15) is 49.4 Å². The zero-order chi connectivity index (χ0) is 30.4. The number of rotatable bonds is 11. The fraction of sp³-hybridized carbons (Fsp3) is 0.379. The summed E-state index contributed by atoms with van der Waals surface area (Å²) in [6.07, 6.45) is -0.158. The Morgan fingerprint density at radius 3 is 2.22 bits per heavy atom. The summed E-state index contributed by atoms with van der Waals surface area (Å²) in [5, 5.41) is 5.38. The van der Waals surface area contributed by atoms with Crippen molar-refractivity contribution in [2.75, 3.05) is 19.4 Å². The minimum atomic E-state index is -4.52. The first-order valence-corrected chi connectivity index (χ1v) is 13.0. The number of carbonyl (C=O) groups is 3. The van der Waals surface area contributed by atoms with Crippen molar-refractivity contribution in [2.45, 2.75) is 56.9 Å². The van der Waals surface area contributed by atoms with Gasteiger partial charge in [-0.2, -0.15) is 13.2 Å². The van der Waals surface area contributed by atoms with Crippen LogP contribution in [0.2, 0.25) is 0 Å². The van der Waals surface area contributed by atoms with Crippen LogP contribution >= 0.6 is 0 Å². The number of benzene rings is 2. The van der Waals surface area contributed by atoms with Gasteiger partial charge < -0.3 is 25.8 Å². The van der Waals surface area contributed by atoms with Gasteiger partial charge in [-0.3, -0.25) is 14.4 Å². The Labute approximate surface area is 236 Å². The van der Waals surface area contributed by atoms with Crippen molar-refractivity contribution in [1.82, 2.24) is 19.8 Å². The third kappa shape index (κ3) is 8.65. The molecule has 3 rings (SSSR count). The van der Waals surface area contributed by atoms with Gasteiger partial charge in [-0.1, -0.05) is 42.5 Å². The number of nitrogens with one attached hydrogen (secondary N) is 2. The van der Waals surface area contributed by atoms with E-state index in [0.717, 1.165) is 17.7 Å². The van der Waals surface area contributed by atoms with Crippen molar-refractivity contribution in [3.63, 3.8) is 0 Å². The van der Waals surface area contributed by atoms with Crippen LogP contribution in [0.15, 0.2) is 67.1 Å². The normalized spacial score (nSPS) is 13.3. The number of nitrogens with zero attached hydrogens (tertiary/aromatic N) is 3. The van der Waals surface area contributed by atoms with Crippen LogP contribution in [-0.2, 0) is 27.0 Å². The molecule has 12 heteroatoms. The van der Waals surface area contributed by atoms with E-state index in [1.807, 2.05) is 30.3 Å². The number of imidazole rings is 1. The Bertz CT molecular complexity index is 1330. The van der Waals surface area contributed by atoms with Crippen LogP contribution in [0.4, 0.5) is 19.0 Å². The topological polar surface area (TPSA) is 122 Å². The van der Waals surface area contributed by atoms with Crippen molar-refractivity contribution in [3.8, 4) is 0 Å². The number of alkyl halides is 3. The molecule has 0 aliphatic carbocycles. The van der Waals surface area contributed by atoms with Gasteiger partial charge in [-0.25, -0.2) is 4.98 Å². The zero-order valence-electron chi connectivity index (χ0n) is 23.4. The monoisotopic (exact) mass is 572 g/mol. The predicted molar refractivity (Wildman–Crippen MR) is 149 cm³/mol. The first kappa shape index (κ1) is 31.3. The molecule has 3 amide bonds. The maximum absolute atomic E-state index is 13.2. The highest BCUT2D eigenvalue weighted by molar-refractivity contribution is 5.97. The molecule has 0 saturated carbocycles. The van der Waals surface area contributed by atoms with E-state index in [1.165, 1.54) is 62.1 Å². The number of carbonyl (C=O) groups excluding carboxylic acids is 3. The van der Waals surface area contributed by atoms with Crippen LogP contribution in [0.25, 0.3) is 0 Å². The Morgan fingerprint density at radius 1 is 1.02 bits per heavy atom. The molecule has 9 nitrogen and oxygen atoms in total. The number of anilines is 1. The molecule has 2 atom stereocenters. The van der Waals surface area contributed by atoms with E-state index in [0.29, 0.717) is 24.8 Å². The number of aromatic nitrogens is 2. The largest absolute Gasteiger partial charge is 0.416 e. The summed E-state index contributed by atoms with van der Waals surface area (Å²) in [7, 11) is 3.06. The van der Waals surface area contributed by atoms with Crippen LogP contribution in [0.3, 0.4) is 0 Å². The minimum absolute atomic E-state index is 0.104. The van der Waals surface area contributed by atoms with Crippen LogP contribution in [-0.4, -0.2) is 57.8 Å². The lowest BCUT2D eigenvalue weighted by Crippen LogP contribution is -2.54. The van der Waals surface area contributed by atoms with Crippen LogP contribution < -0.4 is 16.4 Å². The molecule has 2 aromatic carbocycles. The van der Waals surface area contributed by atoms with Gasteiger partial charge in [0.1, 0.15) is 12.1 Å². The molecule has 220 valence electrons. The molecule has 41 heavy (non-hydrogen) atoms. The summed E-state index contributed by atoms with van der Waals surface area (Å²) in [6, 6.07) is 12.1. The summed E-state index contributed by atoms with van der Waals surface area (Å²) >= 11 is 0. The van der Waals surface area contributed by atoms with Gasteiger partial charge in [-0.15, -0.1) is 0 Å². The molecule has 1 heterocycles. The molecule has 0 aliphatic rings. The Kier molecular flexibility index (Phi) is 9.92. The molecule has 0 bridgehead atoms. The number of likely N-dealkylation sites (N-methyl/N-ethyl adjacent to an activating group) is 1. The quantitative estimate of drug-likeness (QED) is 0.323. The number of nitrogens with two attached hydrogens (primary N) is 1. The zero-order valence-corrected chi connectivity index (χ0v) is 23.4. The summed E-state index contributed by atoms with van der Waals surface area (Å²) in [6.45, 7) is 3.07. The predicted octanol–water partition coefficient (Wildman–Crippen LogP) is 3.76. The molecule has 0 radical (unpaired) electrons. The van der Waals surface area contributed by atoms with Crippen molar-refractivity contribution < 1.29 is 27.6 Å². The maximum Gasteiger partial charge on any atom is 0.416 e. The van der Waals surface area contributed by atoms with Crippen molar-refractivity contribution in [2.24, 2.45) is 5.73 Å². The molecule has 1 aromatic heterocycles. The summed E-state index contributed by atoms with van der Waals surface area (Å²) < 4.78 is 40.6. The van der Waals surface area contributed by atoms with Gasteiger partial charge >= 0.3 is 6.18 Å². The summed E-state index contributed by atoms with van der Waals surface area (Å²) in [5.74, 6) is -1.32. The average molecular weight is 573 g/mol. The third-order valence-electron chi connectivity index (χ3n) is 6.39. The lowest BCUT2D eigenvalue weighted by atomic mass is 10.0. The fourth-order valence-electron chi connectivity index (χ4n) is 4.07. The van der Waals surface area contributed by atoms with E-state index in [4.69, 9.17) is 5.73 Å². The number of hydrogen-bond acceptors (Lipinski definition) is 5. The van der Waals surface area contributed by atoms with Gasteiger partial charge in [0.25, 0.3) is 0 Å². The maximum atomic E-state index is 13.2. The molecule has 0 fully saturated rings. The van der Waals surface area contributed by atoms with Crippen LogP contribution in [0.5, 0.6) is 0 Å². The van der Waals surface area contributed by atoms with Gasteiger partial charge in [-0.05, 0) is 56.4 Å². The van der Waals surface area contributed by atoms with Gasteiger partial charge in [0, 0.05) is 20.3 Å². The first-order chi connectivity index (χ1) is 19.2. The Morgan fingerprint density at radius 2 is 1.66 bits per heavy atom. The van der Waals surface area contributed by atoms with E-state index >= 15 is 0 Å². The highest BCUT2D eigenvalue weighted by Crippen LogP contribution is 2.31. The molecular formula is C29H35F3N6O3. The first-order valence-electron chi connectivity index (χ1n) is 13.0. The van der Waals surface area contributed by atoms with E-state index in [1.54, 1.807) is 0 Å². The summed E-state index contributed by atoms with van der Waals surface area (Å²) in [4.78, 5) is 44.4. The van der Waals surface area contributed by atoms with Crippen molar-refractivity contribution >= 4 is 23.5 Å². The molecule has 0 saturated heterocycles. The van der Waals surface area contributed by atoms with Gasteiger partial charge in [0.15, 0.2) is 5.82 Å². The van der Waals surface area contributed by atoms with E-state index in [2.05, 4.69) is 15.6 Å². The van der Waals surface area contributed by atoms with Crippen molar-refractivity contribution in [3.05, 3.63) is 83.8 Å². The molecule has 2 unspecified atom stereocenters. The molecule has 3 aromatic rings. The number of aryl methyl sites for hydroxylation is 1. The standard InChI is InChI=1S/C29H35F3N6O3/c1-28(2,33)27(41)35-22(12-8-11-19-9-6-5-7-10-19)25(39)36-23-17-38(18-34-23)24(26(40)37(3)4)20-13-15-21(16-14-20)29(30,31)32/h5-7,9-10,13-18,22,24H,8,11-12,33H2,1-4H3,(H,35,41)(H,36,39). The van der Waals surface area contributed by atoms with E-state index in [-0.39, 0.29) is 5.82 Å². The van der Waals surface area contributed by atoms with E-state index < -0.39 is 47.1 Å². The molecular weight excluding hydrogens is 537 g/mol. The molecule has 0 spiro atoms. The lowest BCUT2D eigenvalue weighted by Gasteiger charge is -2.24. The van der Waals surface area contributed by atoms with E-state index in [9.17, 15) is 27.6 Å². The highest BCUT2D eigenvalue weighted by atomic mass is 19.4. The number of hydrogen-bond donors (Lipinski definition) is 3. The number of amides is 3. The number of halogens is 3. The average Bonchev–Trinajstić information content (AvgIpc) is 3.35. The second kappa shape index (κ2) is 13.0. The smallest absolute Gasteiger partial charge is 0.347 e. The second-order valence-corrected chi connectivity index (χ2v) is 10.6. The van der Waals surface area contributed by atoms with Crippen LogP contribution in [0, 0.1) is 0 Å². The Balaban J connectivity index is 1.80. The molecule has 4 N–H and O–H groups in total. The molecule has 0 aliphatic heterocycles. The Hall–Kier alpha value is -4.19. The second-order valence-electron chi connectivity index (χ2n) is 10.6. The SMILES string of the molecule is CN(C)C(=O)C(c1ccc(C(F)(F)F)cc1)n1cnc(NC(=O)C(CCCc2ccccc2)NC(=O)C(C)(C)N)c1. The van der Waals surface area contributed by atoms with Gasteiger partial charge in [0.05, 0.1) is 17.4 Å². The highest BCUT2D eigenvalue weighted by Gasteiger charge is 2.32. The van der Waals surface area contributed by atoms with Gasteiger partial charge in [0.2, 0.25) is 17.7 Å². The fourth-order valence-corrected chi connectivity index (χ4v) is 4.07. The lowest BCUT2D eigenvalue weighted by molar-refractivity contribution is -0.137. The van der Waals surface area contributed by atoms with Crippen molar-refractivity contribution in [1.29, 1.82) is 0 Å². The third-order valence-corrected chi connectivity index (χ3v) is 6.39. The minimum Gasteiger partial charge on any atom is -0.347 e.